The van der Waals surface area contributed by atoms with Crippen LogP contribution in [0, 0.1) is 5.82 Å². The lowest BCUT2D eigenvalue weighted by Gasteiger charge is -2.16. The number of carbonyl (C=O) groups is 1. The van der Waals surface area contributed by atoms with Crippen LogP contribution in [0.5, 0.6) is 0 Å². The zero-order chi connectivity index (χ0) is 20.1. The molecule has 0 bridgehead atoms. The van der Waals surface area contributed by atoms with E-state index in [0.717, 1.165) is 16.7 Å². The Morgan fingerprint density at radius 3 is 2.03 bits per heavy atom. The van der Waals surface area contributed by atoms with Crippen molar-refractivity contribution < 1.29 is 13.6 Å². The van der Waals surface area contributed by atoms with Crippen LogP contribution in [0.4, 0.5) is 10.4 Å². The number of benzene rings is 3. The van der Waals surface area contributed by atoms with Crippen molar-refractivity contribution in [3.05, 3.63) is 113 Å². The van der Waals surface area contributed by atoms with E-state index in [1.54, 1.807) is 12.1 Å². The van der Waals surface area contributed by atoms with Crippen molar-refractivity contribution >= 4 is 11.9 Å². The molecule has 0 aliphatic carbocycles. The van der Waals surface area contributed by atoms with Gasteiger partial charge in [-0.2, -0.15) is 0 Å². The van der Waals surface area contributed by atoms with Gasteiger partial charge in [0.1, 0.15) is 5.82 Å². The molecule has 1 aromatic heterocycles. The molecule has 144 valence electrons. The van der Waals surface area contributed by atoms with Gasteiger partial charge in [-0.15, -0.1) is 5.10 Å². The van der Waals surface area contributed by atoms with E-state index in [9.17, 15) is 9.18 Å². The third-order valence-corrected chi connectivity index (χ3v) is 4.49. The summed E-state index contributed by atoms with van der Waals surface area (Å²) in [5.41, 5.74) is 2.56. The highest BCUT2D eigenvalue weighted by Gasteiger charge is 2.24. The number of nitrogens with one attached hydrogen (secondary N) is 1. The highest BCUT2D eigenvalue weighted by molar-refractivity contribution is 5.96. The van der Waals surface area contributed by atoms with Crippen LogP contribution in [-0.2, 0) is 11.2 Å². The van der Waals surface area contributed by atoms with Gasteiger partial charge in [-0.1, -0.05) is 77.9 Å². The van der Waals surface area contributed by atoms with Gasteiger partial charge in [0.2, 0.25) is 11.8 Å². The molecule has 0 saturated carbocycles. The zero-order valence-corrected chi connectivity index (χ0v) is 15.5. The largest absolute Gasteiger partial charge is 0.407 e. The number of carbonyl (C=O) groups excluding carboxylic acids is 1. The molecule has 0 atom stereocenters. The molecule has 0 aliphatic heterocycles. The van der Waals surface area contributed by atoms with Crippen LogP contribution in [0.1, 0.15) is 28.5 Å². The molecule has 29 heavy (non-hydrogen) atoms. The summed E-state index contributed by atoms with van der Waals surface area (Å²) in [5, 5.41) is 10.6. The number of halogens is 1. The molecule has 1 N–H and O–H groups in total. The van der Waals surface area contributed by atoms with Gasteiger partial charge in [0, 0.05) is 0 Å². The van der Waals surface area contributed by atoms with Crippen molar-refractivity contribution in [1.82, 2.24) is 10.2 Å². The van der Waals surface area contributed by atoms with Crippen LogP contribution in [0.3, 0.4) is 0 Å². The fraction of sp³-hybridized carbons (Fsp3) is 0.0870. The van der Waals surface area contributed by atoms with Crippen LogP contribution in [0.15, 0.2) is 89.3 Å². The third-order valence-electron chi connectivity index (χ3n) is 4.49. The Bertz CT molecular complexity index is 1040. The van der Waals surface area contributed by atoms with E-state index in [-0.39, 0.29) is 17.7 Å². The van der Waals surface area contributed by atoms with Gasteiger partial charge < -0.3 is 4.42 Å². The summed E-state index contributed by atoms with van der Waals surface area (Å²) in [6.07, 6.45) is 0.351. The first-order valence-electron chi connectivity index (χ1n) is 9.16. The van der Waals surface area contributed by atoms with Gasteiger partial charge in [-0.3, -0.25) is 10.1 Å². The minimum atomic E-state index is -0.509. The standard InChI is InChI=1S/C23H18FN3O2/c24-19-13-11-16(12-14-19)15-20-26-27-23(29-20)25-22(28)21(17-7-3-1-4-8-17)18-9-5-2-6-10-18/h1-14,21H,15H2,(H,25,27,28). The lowest BCUT2D eigenvalue weighted by Crippen LogP contribution is -2.22. The maximum Gasteiger partial charge on any atom is 0.322 e. The normalized spacial score (nSPS) is 10.8. The number of hydrogen-bond donors (Lipinski definition) is 1. The highest BCUT2D eigenvalue weighted by atomic mass is 19.1. The molecule has 0 fully saturated rings. The van der Waals surface area contributed by atoms with Crippen LogP contribution in [0.2, 0.25) is 0 Å². The van der Waals surface area contributed by atoms with E-state index in [0.29, 0.717) is 12.3 Å². The van der Waals surface area contributed by atoms with Crippen LogP contribution in [0.25, 0.3) is 0 Å². The lowest BCUT2D eigenvalue weighted by atomic mass is 9.90. The van der Waals surface area contributed by atoms with Crippen molar-refractivity contribution in [3.8, 4) is 0 Å². The monoisotopic (exact) mass is 387 g/mol. The summed E-state index contributed by atoms with van der Waals surface area (Å²) in [6.45, 7) is 0. The van der Waals surface area contributed by atoms with E-state index < -0.39 is 5.92 Å². The number of anilines is 1. The topological polar surface area (TPSA) is 68.0 Å². The van der Waals surface area contributed by atoms with Gasteiger partial charge in [-0.25, -0.2) is 4.39 Å². The predicted octanol–water partition coefficient (Wildman–Crippen LogP) is 4.57. The third kappa shape index (κ3) is 4.55. The molecular weight excluding hydrogens is 369 g/mol. The maximum atomic E-state index is 13.0. The van der Waals surface area contributed by atoms with Crippen LogP contribution in [-0.4, -0.2) is 16.1 Å². The second kappa shape index (κ2) is 8.48. The summed E-state index contributed by atoms with van der Waals surface area (Å²) >= 11 is 0. The van der Waals surface area contributed by atoms with Gasteiger partial charge in [0.05, 0.1) is 12.3 Å². The number of aromatic nitrogens is 2. The second-order valence-corrected chi connectivity index (χ2v) is 6.55. The number of amides is 1. The minimum Gasteiger partial charge on any atom is -0.407 e. The quantitative estimate of drug-likeness (QED) is 0.526. The molecule has 0 radical (unpaired) electrons. The molecule has 1 amide bonds. The van der Waals surface area contributed by atoms with Gasteiger partial charge >= 0.3 is 6.01 Å². The predicted molar refractivity (Wildman–Crippen MR) is 107 cm³/mol. The fourth-order valence-electron chi connectivity index (χ4n) is 3.12. The molecule has 6 heteroatoms. The van der Waals surface area contributed by atoms with Crippen LogP contribution >= 0.6 is 0 Å². The van der Waals surface area contributed by atoms with Gasteiger partial charge in [0.25, 0.3) is 0 Å². The SMILES string of the molecule is O=C(Nc1nnc(Cc2ccc(F)cc2)o1)C(c1ccccc1)c1ccccc1. The average Bonchev–Trinajstić information content (AvgIpc) is 3.18. The molecule has 0 aliphatic rings. The molecule has 3 aromatic carbocycles. The van der Waals surface area contributed by atoms with E-state index in [2.05, 4.69) is 15.5 Å². The Labute approximate surface area is 167 Å². The fourth-order valence-corrected chi connectivity index (χ4v) is 3.12. The second-order valence-electron chi connectivity index (χ2n) is 6.55. The van der Waals surface area contributed by atoms with Gasteiger partial charge in [-0.05, 0) is 28.8 Å². The van der Waals surface area contributed by atoms with Gasteiger partial charge in [0.15, 0.2) is 0 Å². The van der Waals surface area contributed by atoms with Crippen molar-refractivity contribution in [1.29, 1.82) is 0 Å². The lowest BCUT2D eigenvalue weighted by molar-refractivity contribution is -0.116. The Morgan fingerprint density at radius 2 is 1.45 bits per heavy atom. The first kappa shape index (κ1) is 18.6. The van der Waals surface area contributed by atoms with Crippen molar-refractivity contribution in [3.63, 3.8) is 0 Å². The van der Waals surface area contributed by atoms with Crippen molar-refractivity contribution in [2.75, 3.05) is 5.32 Å². The average molecular weight is 387 g/mol. The molecule has 0 unspecified atom stereocenters. The molecular formula is C23H18FN3O2. The molecule has 0 saturated heterocycles. The van der Waals surface area contributed by atoms with E-state index in [1.807, 2.05) is 60.7 Å². The van der Waals surface area contributed by atoms with E-state index >= 15 is 0 Å². The number of nitrogens with zero attached hydrogens (tertiary/aromatic N) is 2. The molecule has 1 heterocycles. The number of rotatable bonds is 6. The summed E-state index contributed by atoms with van der Waals surface area (Å²) in [4.78, 5) is 13.0. The van der Waals surface area contributed by atoms with Crippen molar-refractivity contribution in [2.45, 2.75) is 12.3 Å². The molecule has 4 rings (SSSR count). The zero-order valence-electron chi connectivity index (χ0n) is 15.5. The first-order valence-corrected chi connectivity index (χ1v) is 9.16. The Morgan fingerprint density at radius 1 is 0.862 bits per heavy atom. The smallest absolute Gasteiger partial charge is 0.322 e. The molecule has 4 aromatic rings. The van der Waals surface area contributed by atoms with E-state index in [1.165, 1.54) is 12.1 Å². The van der Waals surface area contributed by atoms with Crippen LogP contribution < -0.4 is 5.32 Å². The number of hydrogen-bond acceptors (Lipinski definition) is 4. The summed E-state index contributed by atoms with van der Waals surface area (Å²) in [7, 11) is 0. The van der Waals surface area contributed by atoms with Crippen molar-refractivity contribution in [2.24, 2.45) is 0 Å². The molecule has 0 spiro atoms. The minimum absolute atomic E-state index is 0.0315. The first-order chi connectivity index (χ1) is 14.2. The maximum absolute atomic E-state index is 13.0. The summed E-state index contributed by atoms with van der Waals surface area (Å²) in [5.74, 6) is -0.743. The summed E-state index contributed by atoms with van der Waals surface area (Å²) in [6, 6.07) is 25.1. The highest BCUT2D eigenvalue weighted by Crippen LogP contribution is 2.26. The Hall–Kier alpha value is -3.80. The Balaban J connectivity index is 1.52. The summed E-state index contributed by atoms with van der Waals surface area (Å²) < 4.78 is 18.6. The Kier molecular flexibility index (Phi) is 5.42. The van der Waals surface area contributed by atoms with E-state index in [4.69, 9.17) is 4.42 Å². The molecule has 5 nitrogen and oxygen atoms in total.